The van der Waals surface area contributed by atoms with Crippen molar-refractivity contribution in [3.63, 3.8) is 0 Å². The highest BCUT2D eigenvalue weighted by Gasteiger charge is 2.32. The second-order valence-corrected chi connectivity index (χ2v) is 8.42. The number of aryl methyl sites for hydroxylation is 2. The number of hydrogen-bond acceptors (Lipinski definition) is 3. The Kier molecular flexibility index (Phi) is 4.41. The van der Waals surface area contributed by atoms with Gasteiger partial charge in [-0.1, -0.05) is 6.42 Å². The van der Waals surface area contributed by atoms with Crippen LogP contribution >= 0.6 is 0 Å². The van der Waals surface area contributed by atoms with Gasteiger partial charge in [0.25, 0.3) is 5.91 Å². The Morgan fingerprint density at radius 1 is 1.14 bits per heavy atom. The van der Waals surface area contributed by atoms with Crippen LogP contribution in [0.15, 0.2) is 24.3 Å². The molecule has 1 aliphatic heterocycles. The zero-order valence-corrected chi connectivity index (χ0v) is 16.9. The number of aromatic nitrogens is 4. The molecule has 0 spiro atoms. The van der Waals surface area contributed by atoms with Crippen LogP contribution in [0, 0.1) is 12.7 Å². The summed E-state index contributed by atoms with van der Waals surface area (Å²) in [4.78, 5) is 19.7. The van der Waals surface area contributed by atoms with Gasteiger partial charge in [-0.15, -0.1) is 0 Å². The molecule has 5 rings (SSSR count). The summed E-state index contributed by atoms with van der Waals surface area (Å²) >= 11 is 0. The third-order valence-corrected chi connectivity index (χ3v) is 6.49. The molecule has 1 saturated carbocycles. The maximum atomic E-state index is 13.8. The van der Waals surface area contributed by atoms with Crippen LogP contribution in [0.1, 0.15) is 66.1 Å². The van der Waals surface area contributed by atoms with Crippen molar-refractivity contribution in [3.05, 3.63) is 47.3 Å². The molecule has 0 unspecified atom stereocenters. The molecule has 1 aromatic carbocycles. The van der Waals surface area contributed by atoms with Gasteiger partial charge in [0, 0.05) is 38.2 Å². The Hall–Kier alpha value is -2.70. The van der Waals surface area contributed by atoms with E-state index in [0.717, 1.165) is 48.2 Å². The minimum Gasteiger partial charge on any atom is -0.337 e. The molecule has 3 aromatic rings. The van der Waals surface area contributed by atoms with Crippen LogP contribution in [-0.4, -0.2) is 43.2 Å². The van der Waals surface area contributed by atoms with Crippen LogP contribution in [0.5, 0.6) is 0 Å². The van der Waals surface area contributed by atoms with Crippen LogP contribution in [0.3, 0.4) is 0 Å². The number of amides is 1. The minimum absolute atomic E-state index is 0.0447. The average Bonchev–Trinajstić information content (AvgIpc) is 3.18. The third kappa shape index (κ3) is 3.12. The van der Waals surface area contributed by atoms with Crippen LogP contribution < -0.4 is 0 Å². The number of likely N-dealkylation sites (tertiary alicyclic amines) is 1. The molecule has 1 amide bonds. The van der Waals surface area contributed by atoms with E-state index in [-0.39, 0.29) is 11.7 Å². The molecule has 0 bridgehead atoms. The zero-order valence-electron chi connectivity index (χ0n) is 16.9. The summed E-state index contributed by atoms with van der Waals surface area (Å²) in [5, 5.41) is 4.30. The zero-order chi connectivity index (χ0) is 20.1. The predicted molar refractivity (Wildman–Crippen MR) is 108 cm³/mol. The van der Waals surface area contributed by atoms with Gasteiger partial charge in [0.05, 0.1) is 16.7 Å². The summed E-state index contributed by atoms with van der Waals surface area (Å²) in [6.45, 7) is 3.31. The topological polar surface area (TPSA) is 56.0 Å². The first-order valence-corrected chi connectivity index (χ1v) is 10.5. The maximum Gasteiger partial charge on any atom is 0.272 e. The van der Waals surface area contributed by atoms with E-state index in [1.54, 1.807) is 4.68 Å². The Balaban J connectivity index is 1.40. The number of halogens is 1. The number of fused-ring (bicyclic) bond motifs is 1. The van der Waals surface area contributed by atoms with Gasteiger partial charge in [0.1, 0.15) is 17.3 Å². The van der Waals surface area contributed by atoms with Crippen molar-refractivity contribution in [2.45, 2.75) is 51.0 Å². The van der Waals surface area contributed by atoms with E-state index >= 15 is 0 Å². The first kappa shape index (κ1) is 18.3. The summed E-state index contributed by atoms with van der Waals surface area (Å²) in [6.07, 6.45) is 5.31. The number of piperidine rings is 1. The van der Waals surface area contributed by atoms with Crippen molar-refractivity contribution in [1.82, 2.24) is 24.2 Å². The molecule has 6 nitrogen and oxygen atoms in total. The number of hydrogen-bond donors (Lipinski definition) is 0. The molecule has 0 N–H and O–H groups in total. The van der Waals surface area contributed by atoms with E-state index in [2.05, 4.69) is 9.67 Å². The first-order valence-electron chi connectivity index (χ1n) is 10.5. The largest absolute Gasteiger partial charge is 0.337 e. The molecule has 7 heteroatoms. The lowest BCUT2D eigenvalue weighted by Gasteiger charge is -2.35. The number of benzene rings is 1. The third-order valence-electron chi connectivity index (χ3n) is 6.49. The molecule has 152 valence electrons. The van der Waals surface area contributed by atoms with Crippen molar-refractivity contribution in [1.29, 1.82) is 0 Å². The summed E-state index contributed by atoms with van der Waals surface area (Å²) in [7, 11) is 1.81. The predicted octanol–water partition coefficient (Wildman–Crippen LogP) is 3.96. The molecular weight excluding hydrogens is 369 g/mol. The van der Waals surface area contributed by atoms with Gasteiger partial charge >= 0.3 is 0 Å². The average molecular weight is 395 g/mol. The molecule has 3 heterocycles. The minimum atomic E-state index is -0.241. The van der Waals surface area contributed by atoms with Crippen molar-refractivity contribution >= 4 is 16.9 Å². The number of carbonyl (C=O) groups is 1. The lowest BCUT2D eigenvalue weighted by molar-refractivity contribution is 0.0683. The van der Waals surface area contributed by atoms with Gasteiger partial charge in [0.2, 0.25) is 0 Å². The van der Waals surface area contributed by atoms with Gasteiger partial charge in [-0.25, -0.2) is 9.37 Å². The molecule has 29 heavy (non-hydrogen) atoms. The molecule has 1 saturated heterocycles. The fourth-order valence-corrected chi connectivity index (χ4v) is 4.73. The molecule has 0 radical (unpaired) electrons. The Morgan fingerprint density at radius 3 is 2.52 bits per heavy atom. The van der Waals surface area contributed by atoms with Gasteiger partial charge in [-0.3, -0.25) is 9.48 Å². The van der Waals surface area contributed by atoms with Crippen LogP contribution in [0.25, 0.3) is 11.0 Å². The van der Waals surface area contributed by atoms with Crippen molar-refractivity contribution < 1.29 is 9.18 Å². The Bertz CT molecular complexity index is 1070. The number of rotatable bonds is 3. The quantitative estimate of drug-likeness (QED) is 0.674. The SMILES string of the molecule is Cc1cc(C(=O)N2CCC(n3c(C4CCC4)nc4cc(F)ccc43)CC2)n(C)n1. The summed E-state index contributed by atoms with van der Waals surface area (Å²) in [6, 6.07) is 7.06. The highest BCUT2D eigenvalue weighted by atomic mass is 19.1. The fraction of sp³-hybridized carbons (Fsp3) is 0.500. The standard InChI is InChI=1S/C22H26FN5O/c1-14-12-20(26(2)25-14)22(29)27-10-8-17(9-11-27)28-19-7-6-16(23)13-18(19)24-21(28)15-4-3-5-15/h6-7,12-13,15,17H,3-5,8-11H2,1-2H3. The second kappa shape index (κ2) is 6.97. The van der Waals surface area contributed by atoms with Crippen LogP contribution in [-0.2, 0) is 7.05 Å². The van der Waals surface area contributed by atoms with Crippen molar-refractivity contribution in [3.8, 4) is 0 Å². The van der Waals surface area contributed by atoms with E-state index in [1.165, 1.54) is 18.6 Å². The van der Waals surface area contributed by atoms with Crippen LogP contribution in [0.4, 0.5) is 4.39 Å². The van der Waals surface area contributed by atoms with Gasteiger partial charge in [-0.2, -0.15) is 5.10 Å². The van der Waals surface area contributed by atoms with Gasteiger partial charge in [0.15, 0.2) is 0 Å². The molecule has 1 aliphatic carbocycles. The smallest absolute Gasteiger partial charge is 0.272 e. The lowest BCUT2D eigenvalue weighted by atomic mass is 9.84. The normalized spacial score (nSPS) is 18.4. The first-order chi connectivity index (χ1) is 14.0. The second-order valence-electron chi connectivity index (χ2n) is 8.42. The van der Waals surface area contributed by atoms with Gasteiger partial charge < -0.3 is 9.47 Å². The summed E-state index contributed by atoms with van der Waals surface area (Å²) < 4.78 is 17.8. The summed E-state index contributed by atoms with van der Waals surface area (Å²) in [5.74, 6) is 1.38. The lowest BCUT2D eigenvalue weighted by Crippen LogP contribution is -2.40. The fourth-order valence-electron chi connectivity index (χ4n) is 4.73. The van der Waals surface area contributed by atoms with Crippen molar-refractivity contribution in [2.75, 3.05) is 13.1 Å². The molecule has 2 aliphatic rings. The van der Waals surface area contributed by atoms with E-state index in [1.807, 2.05) is 31.0 Å². The monoisotopic (exact) mass is 395 g/mol. The molecule has 0 atom stereocenters. The number of nitrogens with zero attached hydrogens (tertiary/aromatic N) is 5. The van der Waals surface area contributed by atoms with E-state index in [9.17, 15) is 9.18 Å². The number of carbonyl (C=O) groups excluding carboxylic acids is 1. The highest BCUT2D eigenvalue weighted by Crippen LogP contribution is 2.40. The maximum absolute atomic E-state index is 13.8. The van der Waals surface area contributed by atoms with E-state index in [4.69, 9.17) is 4.98 Å². The van der Waals surface area contributed by atoms with Gasteiger partial charge in [-0.05, 0) is 50.8 Å². The van der Waals surface area contributed by atoms with Crippen LogP contribution in [0.2, 0.25) is 0 Å². The Morgan fingerprint density at radius 2 is 1.90 bits per heavy atom. The van der Waals surface area contributed by atoms with E-state index in [0.29, 0.717) is 30.7 Å². The van der Waals surface area contributed by atoms with E-state index < -0.39 is 0 Å². The highest BCUT2D eigenvalue weighted by molar-refractivity contribution is 5.92. The molecular formula is C22H26FN5O. The van der Waals surface area contributed by atoms with Crippen molar-refractivity contribution in [2.24, 2.45) is 7.05 Å². The Labute approximate surface area is 169 Å². The summed E-state index contributed by atoms with van der Waals surface area (Å²) in [5.41, 5.74) is 3.25. The molecule has 2 aromatic heterocycles. The molecule has 2 fully saturated rings. The number of imidazole rings is 1.